The lowest BCUT2D eigenvalue weighted by molar-refractivity contribution is 0.0734. The van der Waals surface area contributed by atoms with Crippen molar-refractivity contribution in [2.45, 2.75) is 26.2 Å². The summed E-state index contributed by atoms with van der Waals surface area (Å²) in [5, 5.41) is 9.76. The summed E-state index contributed by atoms with van der Waals surface area (Å²) < 4.78 is 11.2. The number of ketones is 1. The van der Waals surface area contributed by atoms with Gasteiger partial charge in [0.05, 0.1) is 17.1 Å². The van der Waals surface area contributed by atoms with Gasteiger partial charge in [-0.15, -0.1) is 0 Å². The van der Waals surface area contributed by atoms with Crippen LogP contribution in [0.5, 0.6) is 17.2 Å². The van der Waals surface area contributed by atoms with Gasteiger partial charge in [0.15, 0.2) is 5.78 Å². The molecule has 5 nitrogen and oxygen atoms in total. The van der Waals surface area contributed by atoms with Crippen LogP contribution in [0.15, 0.2) is 71.2 Å². The van der Waals surface area contributed by atoms with Crippen molar-refractivity contribution in [1.82, 2.24) is 0 Å². The molecule has 0 unspecified atom stereocenters. The van der Waals surface area contributed by atoms with E-state index >= 15 is 0 Å². The highest BCUT2D eigenvalue weighted by atomic mass is 79.9. The van der Waals surface area contributed by atoms with E-state index in [4.69, 9.17) is 9.47 Å². The van der Waals surface area contributed by atoms with Crippen LogP contribution in [0, 0.1) is 0 Å². The summed E-state index contributed by atoms with van der Waals surface area (Å²) in [6, 6.07) is 16.8. The first-order chi connectivity index (χ1) is 15.6. The fraction of sp³-hybridized carbons (Fsp3) is 0.185. The van der Waals surface area contributed by atoms with Gasteiger partial charge in [-0.05, 0) is 81.5 Å². The van der Waals surface area contributed by atoms with E-state index in [2.05, 4.69) is 36.7 Å². The minimum absolute atomic E-state index is 0.00314. The molecule has 0 saturated heterocycles. The Balaban J connectivity index is 1.67. The maximum atomic E-state index is 12.5. The van der Waals surface area contributed by atoms with Crippen molar-refractivity contribution in [1.29, 1.82) is 0 Å². The van der Waals surface area contributed by atoms with Crippen LogP contribution in [0.3, 0.4) is 0 Å². The van der Waals surface area contributed by atoms with Crippen LogP contribution >= 0.6 is 15.9 Å². The molecule has 0 amide bonds. The van der Waals surface area contributed by atoms with Crippen LogP contribution in [0.2, 0.25) is 0 Å². The van der Waals surface area contributed by atoms with Crippen LogP contribution in [-0.4, -0.2) is 24.0 Å². The predicted octanol–water partition coefficient (Wildman–Crippen LogP) is 6.58. The summed E-state index contributed by atoms with van der Waals surface area (Å²) in [6.07, 6.45) is 3.03. The van der Waals surface area contributed by atoms with Gasteiger partial charge < -0.3 is 14.6 Å². The Kier molecular flexibility index (Phi) is 7.39. The average molecular weight is 509 g/mol. The van der Waals surface area contributed by atoms with Gasteiger partial charge >= 0.3 is 5.97 Å². The molecule has 0 saturated carbocycles. The molecular formula is C27H25BrO5. The first-order valence-corrected chi connectivity index (χ1v) is 11.1. The first kappa shape index (κ1) is 24.3. The Labute approximate surface area is 201 Å². The number of rotatable bonds is 6. The molecule has 6 heteroatoms. The van der Waals surface area contributed by atoms with E-state index in [0.29, 0.717) is 32.7 Å². The molecule has 0 fully saturated rings. The van der Waals surface area contributed by atoms with Gasteiger partial charge in [0.25, 0.3) is 0 Å². The Bertz CT molecular complexity index is 1190. The number of carbonyl (C=O) groups is 2. The first-order valence-electron chi connectivity index (χ1n) is 10.3. The van der Waals surface area contributed by atoms with E-state index < -0.39 is 5.97 Å². The lowest BCUT2D eigenvalue weighted by Gasteiger charge is -2.18. The summed E-state index contributed by atoms with van der Waals surface area (Å²) in [6.45, 7) is 6.33. The number of hydrogen-bond donors (Lipinski definition) is 1. The average Bonchev–Trinajstić information content (AvgIpc) is 2.79. The zero-order valence-corrected chi connectivity index (χ0v) is 20.5. The Morgan fingerprint density at radius 2 is 1.55 bits per heavy atom. The minimum atomic E-state index is -0.459. The summed E-state index contributed by atoms with van der Waals surface area (Å²) >= 11 is 3.25. The van der Waals surface area contributed by atoms with E-state index in [1.54, 1.807) is 48.5 Å². The number of esters is 1. The number of benzene rings is 3. The van der Waals surface area contributed by atoms with Gasteiger partial charge in [-0.25, -0.2) is 4.79 Å². The molecule has 170 valence electrons. The fourth-order valence-corrected chi connectivity index (χ4v) is 3.45. The van der Waals surface area contributed by atoms with Crippen molar-refractivity contribution in [3.8, 4) is 17.2 Å². The number of carbonyl (C=O) groups excluding carboxylic acids is 2. The molecule has 3 rings (SSSR count). The van der Waals surface area contributed by atoms with Crippen molar-refractivity contribution in [3.05, 3.63) is 93.5 Å². The molecule has 0 heterocycles. The van der Waals surface area contributed by atoms with Gasteiger partial charge in [0.2, 0.25) is 0 Å². The molecule has 0 aliphatic rings. The van der Waals surface area contributed by atoms with Crippen LogP contribution < -0.4 is 9.47 Å². The van der Waals surface area contributed by atoms with Gasteiger partial charge in [-0.1, -0.05) is 32.9 Å². The quantitative estimate of drug-likeness (QED) is 0.176. The van der Waals surface area contributed by atoms with Gasteiger partial charge in [0.1, 0.15) is 17.2 Å². The van der Waals surface area contributed by atoms with Crippen LogP contribution in [0.1, 0.15) is 52.6 Å². The molecule has 0 spiro atoms. The molecular weight excluding hydrogens is 484 g/mol. The van der Waals surface area contributed by atoms with Gasteiger partial charge in [-0.3, -0.25) is 4.79 Å². The third-order valence-corrected chi connectivity index (χ3v) is 5.68. The SMILES string of the molecule is COc1cc(O)c(Br)cc1/C=C/C(=O)c1ccc(OC(=O)c2ccc(C(C)(C)C)cc2)cc1. The molecule has 33 heavy (non-hydrogen) atoms. The summed E-state index contributed by atoms with van der Waals surface area (Å²) in [5.74, 6) is 0.157. The van der Waals surface area contributed by atoms with Crippen molar-refractivity contribution in [2.75, 3.05) is 7.11 Å². The molecule has 0 atom stereocenters. The number of halogens is 1. The van der Waals surface area contributed by atoms with E-state index in [1.165, 1.54) is 19.3 Å². The smallest absolute Gasteiger partial charge is 0.343 e. The molecule has 0 aromatic heterocycles. The summed E-state index contributed by atoms with van der Waals surface area (Å²) in [4.78, 5) is 25.0. The highest BCUT2D eigenvalue weighted by Gasteiger charge is 2.15. The van der Waals surface area contributed by atoms with E-state index in [9.17, 15) is 14.7 Å². The number of allylic oxidation sites excluding steroid dienone is 1. The van der Waals surface area contributed by atoms with E-state index in [-0.39, 0.29) is 16.9 Å². The fourth-order valence-electron chi connectivity index (χ4n) is 3.09. The van der Waals surface area contributed by atoms with Crippen molar-refractivity contribution in [3.63, 3.8) is 0 Å². The number of hydrogen-bond acceptors (Lipinski definition) is 5. The number of methoxy groups -OCH3 is 1. The Morgan fingerprint density at radius 1 is 0.939 bits per heavy atom. The second-order valence-corrected chi connectivity index (χ2v) is 9.34. The molecule has 1 N–H and O–H groups in total. The lowest BCUT2D eigenvalue weighted by atomic mass is 9.87. The minimum Gasteiger partial charge on any atom is -0.507 e. The van der Waals surface area contributed by atoms with Crippen LogP contribution in [-0.2, 0) is 5.41 Å². The zero-order chi connectivity index (χ0) is 24.2. The molecule has 0 aliphatic carbocycles. The molecule has 0 aliphatic heterocycles. The van der Waals surface area contributed by atoms with Gasteiger partial charge in [-0.2, -0.15) is 0 Å². The Morgan fingerprint density at radius 3 is 2.12 bits per heavy atom. The highest BCUT2D eigenvalue weighted by Crippen LogP contribution is 2.32. The molecule has 0 bridgehead atoms. The Hall–Kier alpha value is -3.38. The number of aromatic hydroxyl groups is 1. The maximum absolute atomic E-state index is 12.5. The van der Waals surface area contributed by atoms with Crippen molar-refractivity contribution in [2.24, 2.45) is 0 Å². The van der Waals surface area contributed by atoms with Gasteiger partial charge in [0, 0.05) is 17.2 Å². The number of phenolic OH excluding ortho intramolecular Hbond substituents is 1. The monoisotopic (exact) mass is 508 g/mol. The largest absolute Gasteiger partial charge is 0.507 e. The second-order valence-electron chi connectivity index (χ2n) is 8.48. The highest BCUT2D eigenvalue weighted by molar-refractivity contribution is 9.10. The van der Waals surface area contributed by atoms with Crippen LogP contribution in [0.25, 0.3) is 6.08 Å². The standard InChI is InChI=1S/C27H25BrO5/c1-27(2,3)20-10-5-18(6-11-20)26(31)33-21-12-7-17(8-13-21)23(29)14-9-19-15-22(28)24(30)16-25(19)32-4/h5-16,30H,1-4H3/b14-9+. The topological polar surface area (TPSA) is 72.8 Å². The number of ether oxygens (including phenoxy) is 2. The van der Waals surface area contributed by atoms with E-state index in [0.717, 1.165) is 5.56 Å². The number of phenols is 1. The molecule has 3 aromatic rings. The third kappa shape index (κ3) is 6.11. The maximum Gasteiger partial charge on any atom is 0.343 e. The van der Waals surface area contributed by atoms with Crippen molar-refractivity contribution >= 4 is 33.8 Å². The third-order valence-electron chi connectivity index (χ3n) is 5.05. The van der Waals surface area contributed by atoms with Crippen LogP contribution in [0.4, 0.5) is 0 Å². The van der Waals surface area contributed by atoms with Crippen molar-refractivity contribution < 1.29 is 24.2 Å². The summed E-state index contributed by atoms with van der Waals surface area (Å²) in [7, 11) is 1.49. The summed E-state index contributed by atoms with van der Waals surface area (Å²) in [5.41, 5.74) is 2.67. The van der Waals surface area contributed by atoms with E-state index in [1.807, 2.05) is 12.1 Å². The zero-order valence-electron chi connectivity index (χ0n) is 18.9. The lowest BCUT2D eigenvalue weighted by Crippen LogP contribution is -2.13. The second kappa shape index (κ2) is 10.0. The molecule has 0 radical (unpaired) electrons. The molecule has 3 aromatic carbocycles. The normalized spacial score (nSPS) is 11.4. The predicted molar refractivity (Wildman–Crippen MR) is 132 cm³/mol.